The first-order chi connectivity index (χ1) is 19.1. The number of rotatable bonds is 9. The van der Waals surface area contributed by atoms with Crippen LogP contribution in [0.2, 0.25) is 0 Å². The van der Waals surface area contributed by atoms with Gasteiger partial charge in [0.2, 0.25) is 5.95 Å². The first kappa shape index (κ1) is 26.1. The van der Waals surface area contributed by atoms with Gasteiger partial charge in [-0.3, -0.25) is 0 Å². The number of hydrogen-bond donors (Lipinski definition) is 2. The second kappa shape index (κ2) is 12.3. The number of nitrogens with zero attached hydrogens (tertiary/aromatic N) is 3. The SMILES string of the molecule is Cc1cc(CP(Cc2ccccc2)c2ccccc2)cc(C)c1Nc1ccnc(Nc2ccc(C#N)cc2)n1. The Balaban J connectivity index is 1.33. The smallest absolute Gasteiger partial charge is 0.229 e. The highest BCUT2D eigenvalue weighted by molar-refractivity contribution is 7.64. The van der Waals surface area contributed by atoms with E-state index in [4.69, 9.17) is 5.26 Å². The third-order valence-corrected chi connectivity index (χ3v) is 9.00. The van der Waals surface area contributed by atoms with Crippen molar-refractivity contribution in [3.8, 4) is 6.07 Å². The fourth-order valence-corrected chi connectivity index (χ4v) is 6.96. The fourth-order valence-electron chi connectivity index (χ4n) is 4.62. The first-order valence-electron chi connectivity index (χ1n) is 12.9. The lowest BCUT2D eigenvalue weighted by Gasteiger charge is -2.21. The first-order valence-corrected chi connectivity index (χ1v) is 14.6. The van der Waals surface area contributed by atoms with E-state index in [0.29, 0.717) is 11.5 Å². The molecule has 0 radical (unpaired) electrons. The van der Waals surface area contributed by atoms with Gasteiger partial charge in [-0.1, -0.05) is 80.7 Å². The molecule has 0 aliphatic heterocycles. The molecule has 0 amide bonds. The molecule has 5 aromatic rings. The molecular formula is C33H30N5P. The summed E-state index contributed by atoms with van der Waals surface area (Å²) in [6.45, 7) is 4.30. The van der Waals surface area contributed by atoms with Crippen LogP contribution in [0.25, 0.3) is 0 Å². The van der Waals surface area contributed by atoms with Gasteiger partial charge in [0.25, 0.3) is 0 Å². The van der Waals surface area contributed by atoms with Crippen molar-refractivity contribution in [2.75, 3.05) is 10.6 Å². The maximum Gasteiger partial charge on any atom is 0.229 e. The van der Waals surface area contributed by atoms with Crippen molar-refractivity contribution in [1.82, 2.24) is 9.97 Å². The van der Waals surface area contributed by atoms with Crippen molar-refractivity contribution < 1.29 is 0 Å². The second-order valence-corrected chi connectivity index (χ2v) is 11.7. The highest BCUT2D eigenvalue weighted by Gasteiger charge is 2.15. The van der Waals surface area contributed by atoms with Crippen LogP contribution in [0.5, 0.6) is 0 Å². The number of nitrogens with one attached hydrogen (secondary N) is 2. The Hall–Kier alpha value is -4.52. The molecule has 0 saturated carbocycles. The monoisotopic (exact) mass is 527 g/mol. The topological polar surface area (TPSA) is 73.6 Å². The molecule has 6 heteroatoms. The normalized spacial score (nSPS) is 11.4. The zero-order chi connectivity index (χ0) is 27.0. The predicted molar refractivity (Wildman–Crippen MR) is 163 cm³/mol. The minimum absolute atomic E-state index is 0.390. The fraction of sp³-hybridized carbons (Fsp3) is 0.121. The summed E-state index contributed by atoms with van der Waals surface area (Å²) < 4.78 is 0. The highest BCUT2D eigenvalue weighted by atomic mass is 31.1. The molecule has 5 rings (SSSR count). The van der Waals surface area contributed by atoms with Crippen molar-refractivity contribution in [3.63, 3.8) is 0 Å². The van der Waals surface area contributed by atoms with Gasteiger partial charge >= 0.3 is 0 Å². The molecular weight excluding hydrogens is 497 g/mol. The van der Waals surface area contributed by atoms with E-state index < -0.39 is 7.92 Å². The van der Waals surface area contributed by atoms with Crippen LogP contribution >= 0.6 is 7.92 Å². The third-order valence-electron chi connectivity index (χ3n) is 6.48. The van der Waals surface area contributed by atoms with Gasteiger partial charge in [0.15, 0.2) is 0 Å². The molecule has 0 spiro atoms. The lowest BCUT2D eigenvalue weighted by atomic mass is 10.1. The van der Waals surface area contributed by atoms with Gasteiger partial charge in [-0.15, -0.1) is 0 Å². The van der Waals surface area contributed by atoms with Crippen molar-refractivity contribution in [1.29, 1.82) is 5.26 Å². The zero-order valence-electron chi connectivity index (χ0n) is 22.1. The van der Waals surface area contributed by atoms with Gasteiger partial charge in [0.1, 0.15) is 5.82 Å². The Labute approximate surface area is 231 Å². The Morgan fingerprint density at radius 2 is 1.38 bits per heavy atom. The summed E-state index contributed by atoms with van der Waals surface area (Å²) in [5.41, 5.74) is 7.62. The molecule has 0 saturated heterocycles. The maximum absolute atomic E-state index is 9.01. The molecule has 2 N–H and O–H groups in total. The van der Waals surface area contributed by atoms with Crippen LogP contribution < -0.4 is 15.9 Å². The van der Waals surface area contributed by atoms with Gasteiger partial charge in [0, 0.05) is 17.6 Å². The minimum atomic E-state index is -0.390. The summed E-state index contributed by atoms with van der Waals surface area (Å²) in [5.74, 6) is 1.21. The van der Waals surface area contributed by atoms with Crippen LogP contribution in [-0.4, -0.2) is 9.97 Å². The van der Waals surface area contributed by atoms with E-state index >= 15 is 0 Å². The van der Waals surface area contributed by atoms with Crippen LogP contribution in [0.1, 0.15) is 27.8 Å². The number of nitriles is 1. The third kappa shape index (κ3) is 6.87. The second-order valence-electron chi connectivity index (χ2n) is 9.49. The van der Waals surface area contributed by atoms with E-state index in [1.807, 2.05) is 18.2 Å². The summed E-state index contributed by atoms with van der Waals surface area (Å²) in [6.07, 6.45) is 3.83. The van der Waals surface area contributed by atoms with Crippen molar-refractivity contribution in [3.05, 3.63) is 137 Å². The van der Waals surface area contributed by atoms with Gasteiger partial charge < -0.3 is 10.6 Å². The number of anilines is 4. The number of aromatic nitrogens is 2. The summed E-state index contributed by atoms with van der Waals surface area (Å²) in [7, 11) is -0.390. The average molecular weight is 528 g/mol. The molecule has 0 aliphatic carbocycles. The summed E-state index contributed by atoms with van der Waals surface area (Å²) in [5, 5.41) is 17.2. The minimum Gasteiger partial charge on any atom is -0.340 e. The average Bonchev–Trinajstić information content (AvgIpc) is 2.96. The Morgan fingerprint density at radius 1 is 0.744 bits per heavy atom. The molecule has 192 valence electrons. The van der Waals surface area contributed by atoms with E-state index in [1.165, 1.54) is 27.6 Å². The van der Waals surface area contributed by atoms with Crippen molar-refractivity contribution >= 4 is 36.4 Å². The largest absolute Gasteiger partial charge is 0.340 e. The predicted octanol–water partition coefficient (Wildman–Crippen LogP) is 7.96. The molecule has 0 fully saturated rings. The van der Waals surface area contributed by atoms with Gasteiger partial charge in [0.05, 0.1) is 11.6 Å². The Morgan fingerprint density at radius 3 is 2.05 bits per heavy atom. The lowest BCUT2D eigenvalue weighted by Crippen LogP contribution is -2.06. The molecule has 1 unspecified atom stereocenters. The van der Waals surface area contributed by atoms with E-state index in [0.717, 1.165) is 29.5 Å². The Kier molecular flexibility index (Phi) is 8.26. The van der Waals surface area contributed by atoms with E-state index in [2.05, 4.69) is 113 Å². The van der Waals surface area contributed by atoms with Gasteiger partial charge in [-0.25, -0.2) is 4.98 Å². The van der Waals surface area contributed by atoms with Gasteiger partial charge in [-0.2, -0.15) is 10.2 Å². The molecule has 39 heavy (non-hydrogen) atoms. The van der Waals surface area contributed by atoms with E-state index in [9.17, 15) is 0 Å². The van der Waals surface area contributed by atoms with Crippen LogP contribution in [0.15, 0.2) is 109 Å². The highest BCUT2D eigenvalue weighted by Crippen LogP contribution is 2.43. The summed E-state index contributed by atoms with van der Waals surface area (Å²) >= 11 is 0. The molecule has 4 aromatic carbocycles. The molecule has 0 aliphatic rings. The van der Waals surface area contributed by atoms with E-state index in [1.54, 1.807) is 18.3 Å². The number of hydrogen-bond acceptors (Lipinski definition) is 5. The summed E-state index contributed by atoms with van der Waals surface area (Å²) in [6, 6.07) is 37.5. The maximum atomic E-state index is 9.01. The number of aryl methyl sites for hydroxylation is 2. The molecule has 0 bridgehead atoms. The molecule has 1 atom stereocenters. The van der Waals surface area contributed by atoms with Crippen LogP contribution in [0.4, 0.5) is 23.1 Å². The van der Waals surface area contributed by atoms with Gasteiger partial charge in [-0.05, 0) is 84.1 Å². The molecule has 5 nitrogen and oxygen atoms in total. The lowest BCUT2D eigenvalue weighted by molar-refractivity contribution is 1.16. The van der Waals surface area contributed by atoms with Crippen molar-refractivity contribution in [2.45, 2.75) is 26.2 Å². The van der Waals surface area contributed by atoms with E-state index in [-0.39, 0.29) is 0 Å². The molecule has 1 aromatic heterocycles. The molecule has 1 heterocycles. The standard InChI is InChI=1S/C33H30N5P/c1-24-19-28(23-39(30-11-7-4-8-12-30)22-27-9-5-3-6-10-27)20-25(2)32(24)37-31-17-18-35-33(38-31)36-29-15-13-26(21-34)14-16-29/h3-20H,22-23H2,1-2H3,(H2,35,36,37,38). The number of benzene rings is 4. The van der Waals surface area contributed by atoms with Crippen LogP contribution in [0.3, 0.4) is 0 Å². The zero-order valence-corrected chi connectivity index (χ0v) is 23.0. The Bertz CT molecular complexity index is 1560. The quantitative estimate of drug-likeness (QED) is 0.190. The van der Waals surface area contributed by atoms with Crippen molar-refractivity contribution in [2.24, 2.45) is 0 Å². The summed E-state index contributed by atoms with van der Waals surface area (Å²) in [4.78, 5) is 9.00. The van der Waals surface area contributed by atoms with Crippen LogP contribution in [-0.2, 0) is 12.3 Å². The van der Waals surface area contributed by atoms with Crippen LogP contribution in [0, 0.1) is 25.2 Å².